The molecule has 17 heavy (non-hydrogen) atoms. The van der Waals surface area contributed by atoms with Crippen molar-refractivity contribution in [1.29, 1.82) is 0 Å². The molecule has 0 radical (unpaired) electrons. The van der Waals surface area contributed by atoms with E-state index >= 15 is 0 Å². The zero-order valence-corrected chi connectivity index (χ0v) is 8.70. The molecule has 1 aromatic carbocycles. The number of rotatable bonds is 2. The summed E-state index contributed by atoms with van der Waals surface area (Å²) in [5, 5.41) is 8.75. The van der Waals surface area contributed by atoms with Gasteiger partial charge in [-0.05, 0) is 19.1 Å². The summed E-state index contributed by atoms with van der Waals surface area (Å²) < 4.78 is 31.7. The van der Waals surface area contributed by atoms with E-state index in [-0.39, 0.29) is 17.3 Å². The second kappa shape index (κ2) is 3.97. The second-order valence-electron chi connectivity index (χ2n) is 3.33. The monoisotopic (exact) mass is 239 g/mol. The molecular weight excluding hydrogens is 232 g/mol. The molecule has 2 aromatic rings. The van der Waals surface area contributed by atoms with Crippen LogP contribution in [0.4, 0.5) is 8.78 Å². The van der Waals surface area contributed by atoms with Crippen LogP contribution in [0.25, 0.3) is 11.5 Å². The summed E-state index contributed by atoms with van der Waals surface area (Å²) in [5.74, 6) is -3.41. The molecule has 88 valence electrons. The Morgan fingerprint density at radius 2 is 1.94 bits per heavy atom. The van der Waals surface area contributed by atoms with Crippen molar-refractivity contribution in [2.24, 2.45) is 0 Å². The van der Waals surface area contributed by atoms with Gasteiger partial charge in [0.1, 0.15) is 23.0 Å². The Bertz CT molecular complexity index is 572. The topological polar surface area (TPSA) is 63.3 Å². The van der Waals surface area contributed by atoms with Gasteiger partial charge in [-0.1, -0.05) is 6.07 Å². The third kappa shape index (κ3) is 1.89. The number of aryl methyl sites for hydroxylation is 1. The fraction of sp³-hybridized carbons (Fsp3) is 0.0909. The average Bonchev–Trinajstić information content (AvgIpc) is 2.60. The first-order valence-electron chi connectivity index (χ1n) is 4.66. The number of carbonyl (C=O) groups is 1. The summed E-state index contributed by atoms with van der Waals surface area (Å²) in [6, 6.07) is 3.28. The van der Waals surface area contributed by atoms with Crippen LogP contribution in [0.2, 0.25) is 0 Å². The quantitative estimate of drug-likeness (QED) is 0.874. The molecule has 0 spiro atoms. The van der Waals surface area contributed by atoms with Crippen LogP contribution in [0, 0.1) is 18.6 Å². The lowest BCUT2D eigenvalue weighted by atomic mass is 10.2. The lowest BCUT2D eigenvalue weighted by molar-refractivity contribution is 0.0689. The summed E-state index contributed by atoms with van der Waals surface area (Å²) in [6.07, 6.45) is 0. The van der Waals surface area contributed by atoms with Crippen LogP contribution in [-0.4, -0.2) is 16.1 Å². The zero-order valence-electron chi connectivity index (χ0n) is 8.70. The highest BCUT2D eigenvalue weighted by Crippen LogP contribution is 2.26. The minimum atomic E-state index is -1.31. The summed E-state index contributed by atoms with van der Waals surface area (Å²) in [6.45, 7) is 1.36. The minimum absolute atomic E-state index is 0.00449. The summed E-state index contributed by atoms with van der Waals surface area (Å²) in [4.78, 5) is 14.3. The molecule has 0 aliphatic carbocycles. The maximum Gasteiger partial charge on any atom is 0.358 e. The van der Waals surface area contributed by atoms with Crippen molar-refractivity contribution in [3.8, 4) is 11.5 Å². The minimum Gasteiger partial charge on any atom is -0.476 e. The van der Waals surface area contributed by atoms with Gasteiger partial charge in [-0.3, -0.25) is 0 Å². The SMILES string of the molecule is Cc1oc(-c2c(F)cccc2F)nc1C(=O)O. The van der Waals surface area contributed by atoms with Crippen molar-refractivity contribution in [3.05, 3.63) is 41.3 Å². The number of nitrogens with zero attached hydrogens (tertiary/aromatic N) is 1. The van der Waals surface area contributed by atoms with Crippen LogP contribution in [0.3, 0.4) is 0 Å². The van der Waals surface area contributed by atoms with E-state index in [2.05, 4.69) is 4.98 Å². The standard InChI is InChI=1S/C11H7F2NO3/c1-5-9(11(15)16)14-10(17-5)8-6(12)3-2-4-7(8)13/h2-4H,1H3,(H,15,16). The fourth-order valence-electron chi connectivity index (χ4n) is 1.40. The highest BCUT2D eigenvalue weighted by molar-refractivity contribution is 5.87. The van der Waals surface area contributed by atoms with Gasteiger partial charge < -0.3 is 9.52 Å². The van der Waals surface area contributed by atoms with Crippen LogP contribution < -0.4 is 0 Å². The number of hydrogen-bond donors (Lipinski definition) is 1. The third-order valence-electron chi connectivity index (χ3n) is 2.18. The molecule has 1 aromatic heterocycles. The number of carboxylic acid groups (broad SMARTS) is 1. The van der Waals surface area contributed by atoms with Crippen molar-refractivity contribution in [2.75, 3.05) is 0 Å². The van der Waals surface area contributed by atoms with Crippen molar-refractivity contribution in [2.45, 2.75) is 6.92 Å². The van der Waals surface area contributed by atoms with E-state index in [1.54, 1.807) is 0 Å². The number of aromatic nitrogens is 1. The Morgan fingerprint density at radius 1 is 1.35 bits per heavy atom. The normalized spacial score (nSPS) is 10.5. The Morgan fingerprint density at radius 3 is 2.41 bits per heavy atom. The molecule has 0 aliphatic rings. The van der Waals surface area contributed by atoms with E-state index in [0.717, 1.165) is 12.1 Å². The molecule has 4 nitrogen and oxygen atoms in total. The summed E-state index contributed by atoms with van der Waals surface area (Å²) in [5.41, 5.74) is -0.828. The van der Waals surface area contributed by atoms with Gasteiger partial charge in [0.2, 0.25) is 5.89 Å². The third-order valence-corrected chi connectivity index (χ3v) is 2.18. The number of aromatic carboxylic acids is 1. The van der Waals surface area contributed by atoms with Gasteiger partial charge in [0.05, 0.1) is 0 Å². The number of benzene rings is 1. The number of hydrogen-bond acceptors (Lipinski definition) is 3. The lowest BCUT2D eigenvalue weighted by Crippen LogP contribution is -1.98. The van der Waals surface area contributed by atoms with E-state index in [1.807, 2.05) is 0 Å². The maximum absolute atomic E-state index is 13.4. The van der Waals surface area contributed by atoms with Crippen LogP contribution in [-0.2, 0) is 0 Å². The van der Waals surface area contributed by atoms with E-state index < -0.39 is 23.2 Å². The molecule has 0 saturated heterocycles. The maximum atomic E-state index is 13.4. The van der Waals surface area contributed by atoms with Gasteiger partial charge in [0, 0.05) is 0 Å². The van der Waals surface area contributed by atoms with Crippen molar-refractivity contribution in [3.63, 3.8) is 0 Å². The molecule has 2 rings (SSSR count). The van der Waals surface area contributed by atoms with Crippen LogP contribution >= 0.6 is 0 Å². The lowest BCUT2D eigenvalue weighted by Gasteiger charge is -1.98. The molecule has 6 heteroatoms. The molecule has 0 amide bonds. The van der Waals surface area contributed by atoms with Crippen molar-refractivity contribution < 1.29 is 23.1 Å². The van der Waals surface area contributed by atoms with Gasteiger partial charge in [0.25, 0.3) is 0 Å². The van der Waals surface area contributed by atoms with E-state index in [4.69, 9.17) is 9.52 Å². The Labute approximate surface area is 94.5 Å². The Hall–Kier alpha value is -2.24. The molecular formula is C11H7F2NO3. The number of carboxylic acids is 1. The fourth-order valence-corrected chi connectivity index (χ4v) is 1.40. The van der Waals surface area contributed by atoms with E-state index in [0.29, 0.717) is 0 Å². The average molecular weight is 239 g/mol. The van der Waals surface area contributed by atoms with E-state index in [9.17, 15) is 13.6 Å². The van der Waals surface area contributed by atoms with Crippen molar-refractivity contribution >= 4 is 5.97 Å². The molecule has 0 unspecified atom stereocenters. The van der Waals surface area contributed by atoms with Crippen LogP contribution in [0.1, 0.15) is 16.2 Å². The van der Waals surface area contributed by atoms with Gasteiger partial charge in [-0.25, -0.2) is 18.6 Å². The molecule has 0 aliphatic heterocycles. The number of oxazole rings is 1. The van der Waals surface area contributed by atoms with Crippen LogP contribution in [0.5, 0.6) is 0 Å². The van der Waals surface area contributed by atoms with Crippen molar-refractivity contribution in [1.82, 2.24) is 4.98 Å². The first-order valence-corrected chi connectivity index (χ1v) is 4.66. The molecule has 0 atom stereocenters. The van der Waals surface area contributed by atoms with Crippen LogP contribution in [0.15, 0.2) is 22.6 Å². The molecule has 0 saturated carbocycles. The Kier molecular flexibility index (Phi) is 2.63. The highest BCUT2D eigenvalue weighted by atomic mass is 19.1. The van der Waals surface area contributed by atoms with Gasteiger partial charge >= 0.3 is 5.97 Å². The highest BCUT2D eigenvalue weighted by Gasteiger charge is 2.21. The summed E-state index contributed by atoms with van der Waals surface area (Å²) in [7, 11) is 0. The largest absolute Gasteiger partial charge is 0.476 e. The van der Waals surface area contributed by atoms with Gasteiger partial charge in [-0.2, -0.15) is 0 Å². The smallest absolute Gasteiger partial charge is 0.358 e. The van der Waals surface area contributed by atoms with E-state index in [1.165, 1.54) is 13.0 Å². The molecule has 0 fully saturated rings. The predicted molar refractivity (Wildman–Crippen MR) is 53.6 cm³/mol. The first-order chi connectivity index (χ1) is 8.00. The second-order valence-corrected chi connectivity index (χ2v) is 3.33. The molecule has 1 N–H and O–H groups in total. The number of halogens is 2. The zero-order chi connectivity index (χ0) is 12.6. The van der Waals surface area contributed by atoms with Gasteiger partial charge in [0.15, 0.2) is 5.69 Å². The molecule has 1 heterocycles. The first kappa shape index (κ1) is 11.3. The predicted octanol–water partition coefficient (Wildman–Crippen LogP) is 2.63. The Balaban J connectivity index is 2.62. The summed E-state index contributed by atoms with van der Waals surface area (Å²) >= 11 is 0. The molecule has 0 bridgehead atoms. The van der Waals surface area contributed by atoms with Gasteiger partial charge in [-0.15, -0.1) is 0 Å².